The van der Waals surface area contributed by atoms with Gasteiger partial charge in [-0.3, -0.25) is 0 Å². The zero-order valence-corrected chi connectivity index (χ0v) is 30.4. The topological polar surface area (TPSA) is 64.5 Å². The molecule has 0 amide bonds. The molecule has 3 heterocycles. The van der Waals surface area contributed by atoms with Gasteiger partial charge in [0, 0.05) is 37.9 Å². The Balaban J connectivity index is 0.924. The van der Waals surface area contributed by atoms with Gasteiger partial charge in [-0.15, -0.1) is 11.3 Å². The minimum atomic E-state index is 0.642. The van der Waals surface area contributed by atoms with Crippen LogP contribution in [-0.4, -0.2) is 24.9 Å². The summed E-state index contributed by atoms with van der Waals surface area (Å²) in [5.74, 6) is 2.67. The maximum atomic E-state index is 5.13. The van der Waals surface area contributed by atoms with Crippen LogP contribution in [0.15, 0.2) is 188 Å². The molecule has 0 bridgehead atoms. The minimum absolute atomic E-state index is 0.642. The van der Waals surface area contributed by atoms with Crippen LogP contribution in [0.2, 0.25) is 0 Å². The van der Waals surface area contributed by atoms with Crippen molar-refractivity contribution in [2.24, 2.45) is 0 Å². The molecule has 6 heteroatoms. The minimum Gasteiger partial charge on any atom is -0.226 e. The molecule has 55 heavy (non-hydrogen) atoms. The summed E-state index contributed by atoms with van der Waals surface area (Å²) in [6.45, 7) is 0. The van der Waals surface area contributed by atoms with Crippen LogP contribution in [0.3, 0.4) is 0 Å². The fourth-order valence-electron chi connectivity index (χ4n) is 6.93. The molecule has 3 aromatic heterocycles. The van der Waals surface area contributed by atoms with Crippen molar-refractivity contribution in [1.82, 2.24) is 24.9 Å². The molecular formula is C49H31N5S. The van der Waals surface area contributed by atoms with E-state index in [4.69, 9.17) is 24.9 Å². The van der Waals surface area contributed by atoms with Crippen LogP contribution < -0.4 is 0 Å². The highest BCUT2D eigenvalue weighted by Crippen LogP contribution is 2.39. The largest absolute Gasteiger partial charge is 0.226 e. The van der Waals surface area contributed by atoms with E-state index < -0.39 is 0 Å². The summed E-state index contributed by atoms with van der Waals surface area (Å²) in [7, 11) is 0. The smallest absolute Gasteiger partial charge is 0.164 e. The van der Waals surface area contributed by atoms with Gasteiger partial charge in [-0.2, -0.15) is 0 Å². The van der Waals surface area contributed by atoms with Crippen LogP contribution in [0.5, 0.6) is 0 Å². The summed E-state index contributed by atoms with van der Waals surface area (Å²) in [4.78, 5) is 24.8. The molecule has 0 aliphatic heterocycles. The van der Waals surface area contributed by atoms with Crippen molar-refractivity contribution < 1.29 is 0 Å². The summed E-state index contributed by atoms with van der Waals surface area (Å²) in [5.41, 5.74) is 11.4. The average Bonchev–Trinajstić information content (AvgIpc) is 3.66. The van der Waals surface area contributed by atoms with Gasteiger partial charge in [-0.05, 0) is 28.3 Å². The Bertz CT molecular complexity index is 2870. The van der Waals surface area contributed by atoms with Gasteiger partial charge in [0.2, 0.25) is 0 Å². The lowest BCUT2D eigenvalue weighted by atomic mass is 9.99. The van der Waals surface area contributed by atoms with Crippen LogP contribution in [0.25, 0.3) is 99.4 Å². The normalized spacial score (nSPS) is 11.3. The number of hydrogen-bond acceptors (Lipinski definition) is 6. The SMILES string of the molecule is c1ccc(-c2nc(-c3ccccc3)nc(-c3ccc(-c4ccc(-c5ccc(-c6nc(-c7ccccc7)c7sc8ccccc8c7n6)cc5)cc4)cc3)n2)cc1. The zero-order valence-electron chi connectivity index (χ0n) is 29.5. The molecule has 258 valence electrons. The Kier molecular flexibility index (Phi) is 8.28. The third-order valence-corrected chi connectivity index (χ3v) is 11.0. The van der Waals surface area contributed by atoms with Crippen LogP contribution in [-0.2, 0) is 0 Å². The molecule has 0 atom stereocenters. The summed E-state index contributed by atoms with van der Waals surface area (Å²) in [6, 6.07) is 64.7. The number of hydrogen-bond donors (Lipinski definition) is 0. The molecule has 0 N–H and O–H groups in total. The van der Waals surface area contributed by atoms with E-state index in [0.29, 0.717) is 17.5 Å². The highest BCUT2D eigenvalue weighted by atomic mass is 32.1. The first-order valence-corrected chi connectivity index (χ1v) is 19.0. The Labute approximate surface area is 322 Å². The number of thiophene rings is 1. The monoisotopic (exact) mass is 721 g/mol. The molecule has 0 fully saturated rings. The quantitative estimate of drug-likeness (QED) is 0.164. The number of aromatic nitrogens is 5. The highest BCUT2D eigenvalue weighted by Gasteiger charge is 2.17. The predicted octanol–water partition coefficient (Wildman–Crippen LogP) is 12.7. The first-order chi connectivity index (χ1) is 27.2. The van der Waals surface area contributed by atoms with Crippen LogP contribution in [0, 0.1) is 0 Å². The van der Waals surface area contributed by atoms with Gasteiger partial charge in [-0.25, -0.2) is 24.9 Å². The van der Waals surface area contributed by atoms with E-state index in [-0.39, 0.29) is 0 Å². The second-order valence-electron chi connectivity index (χ2n) is 13.3. The third-order valence-electron chi connectivity index (χ3n) is 9.80. The summed E-state index contributed by atoms with van der Waals surface area (Å²) < 4.78 is 2.33. The van der Waals surface area contributed by atoms with E-state index in [9.17, 15) is 0 Å². The predicted molar refractivity (Wildman–Crippen MR) is 226 cm³/mol. The number of fused-ring (bicyclic) bond motifs is 3. The van der Waals surface area contributed by atoms with E-state index in [1.165, 1.54) is 4.70 Å². The van der Waals surface area contributed by atoms with Crippen molar-refractivity contribution in [1.29, 1.82) is 0 Å². The fraction of sp³-hybridized carbons (Fsp3) is 0. The van der Waals surface area contributed by atoms with Gasteiger partial charge in [0.1, 0.15) is 0 Å². The Morgan fingerprint density at radius 2 is 0.618 bits per heavy atom. The Morgan fingerprint density at radius 1 is 0.273 bits per heavy atom. The molecule has 5 nitrogen and oxygen atoms in total. The lowest BCUT2D eigenvalue weighted by molar-refractivity contribution is 1.07. The van der Waals surface area contributed by atoms with E-state index in [0.717, 1.165) is 77.2 Å². The molecule has 0 unspecified atom stereocenters. The molecule has 0 saturated heterocycles. The maximum absolute atomic E-state index is 5.13. The average molecular weight is 722 g/mol. The van der Waals surface area contributed by atoms with Crippen molar-refractivity contribution >= 4 is 31.6 Å². The fourth-order valence-corrected chi connectivity index (χ4v) is 8.08. The molecule has 10 rings (SSSR count). The standard InChI is InChI=1S/C49H31N5S/c1-4-12-36(13-5-1)43-45-44(41-18-10-11-19-42(41)55-45)51-46(50-43)39-28-24-34(25-29-39)32-20-22-33(23-21-32)35-26-30-40(31-27-35)49-53-47(37-14-6-2-7-15-37)52-48(54-49)38-16-8-3-9-17-38/h1-31H. The number of rotatable bonds is 7. The van der Waals surface area contributed by atoms with Crippen LogP contribution in [0.1, 0.15) is 0 Å². The summed E-state index contributed by atoms with van der Waals surface area (Å²) in [5, 5.41) is 1.16. The van der Waals surface area contributed by atoms with Crippen molar-refractivity contribution in [3.63, 3.8) is 0 Å². The third kappa shape index (κ3) is 6.35. The van der Waals surface area contributed by atoms with Gasteiger partial charge < -0.3 is 0 Å². The molecule has 0 saturated carbocycles. The molecule has 0 aliphatic rings. The molecule has 7 aromatic carbocycles. The highest BCUT2D eigenvalue weighted by molar-refractivity contribution is 7.26. The lowest BCUT2D eigenvalue weighted by Crippen LogP contribution is -2.00. The van der Waals surface area contributed by atoms with E-state index in [2.05, 4.69) is 121 Å². The van der Waals surface area contributed by atoms with Gasteiger partial charge >= 0.3 is 0 Å². The Morgan fingerprint density at radius 3 is 1.07 bits per heavy atom. The van der Waals surface area contributed by atoms with Crippen molar-refractivity contribution in [2.45, 2.75) is 0 Å². The summed E-state index contributed by atoms with van der Waals surface area (Å²) >= 11 is 1.75. The second-order valence-corrected chi connectivity index (χ2v) is 14.4. The lowest BCUT2D eigenvalue weighted by Gasteiger charge is -2.10. The second kappa shape index (κ2) is 14.0. The Hall–Kier alpha value is -7.15. The maximum Gasteiger partial charge on any atom is 0.164 e. The van der Waals surface area contributed by atoms with Gasteiger partial charge in [-0.1, -0.05) is 182 Å². The van der Waals surface area contributed by atoms with Gasteiger partial charge in [0.25, 0.3) is 0 Å². The number of benzene rings is 7. The van der Waals surface area contributed by atoms with Crippen molar-refractivity contribution in [3.05, 3.63) is 188 Å². The van der Waals surface area contributed by atoms with Crippen molar-refractivity contribution in [3.8, 4) is 79.1 Å². The molecule has 0 aliphatic carbocycles. The van der Waals surface area contributed by atoms with Gasteiger partial charge in [0.15, 0.2) is 23.3 Å². The molecule has 0 spiro atoms. The van der Waals surface area contributed by atoms with Crippen LogP contribution >= 0.6 is 11.3 Å². The van der Waals surface area contributed by atoms with E-state index in [1.807, 2.05) is 66.7 Å². The van der Waals surface area contributed by atoms with Crippen molar-refractivity contribution in [2.75, 3.05) is 0 Å². The first kappa shape index (κ1) is 32.5. The van der Waals surface area contributed by atoms with Gasteiger partial charge in [0.05, 0.1) is 15.9 Å². The first-order valence-electron chi connectivity index (χ1n) is 18.2. The molecule has 0 radical (unpaired) electrons. The van der Waals surface area contributed by atoms with E-state index in [1.54, 1.807) is 11.3 Å². The number of nitrogens with zero attached hydrogens (tertiary/aromatic N) is 5. The molecule has 10 aromatic rings. The summed E-state index contributed by atoms with van der Waals surface area (Å²) in [6.07, 6.45) is 0. The molecular weight excluding hydrogens is 691 g/mol. The van der Waals surface area contributed by atoms with E-state index >= 15 is 0 Å². The zero-order chi connectivity index (χ0) is 36.6. The van der Waals surface area contributed by atoms with Crippen LogP contribution in [0.4, 0.5) is 0 Å².